The fraction of sp³-hybridized carbons (Fsp3) is 0.562. The van der Waals surface area contributed by atoms with Crippen molar-refractivity contribution in [3.63, 3.8) is 0 Å². The van der Waals surface area contributed by atoms with Gasteiger partial charge in [-0.25, -0.2) is 4.98 Å². The van der Waals surface area contributed by atoms with E-state index in [0.29, 0.717) is 19.1 Å². The normalized spacial score (nSPS) is 18.4. The Balaban J connectivity index is 1.53. The van der Waals surface area contributed by atoms with Crippen LogP contribution >= 0.6 is 0 Å². The Kier molecular flexibility index (Phi) is 4.76. The van der Waals surface area contributed by atoms with Gasteiger partial charge in [-0.1, -0.05) is 0 Å². The molecule has 0 unspecified atom stereocenters. The number of nitrogens with zero attached hydrogens (tertiary/aromatic N) is 5. The van der Waals surface area contributed by atoms with Gasteiger partial charge in [0.2, 0.25) is 5.91 Å². The molecule has 1 fully saturated rings. The summed E-state index contributed by atoms with van der Waals surface area (Å²) >= 11 is 0. The van der Waals surface area contributed by atoms with Crippen molar-refractivity contribution in [2.45, 2.75) is 38.9 Å². The number of likely N-dealkylation sites (tertiary alicyclic amines) is 1. The van der Waals surface area contributed by atoms with E-state index in [0.717, 1.165) is 37.5 Å². The first-order valence-corrected chi connectivity index (χ1v) is 7.97. The maximum Gasteiger partial charge on any atom is 0.236 e. The van der Waals surface area contributed by atoms with Crippen LogP contribution < -0.4 is 0 Å². The number of aromatic nitrogens is 3. The molecule has 1 atom stereocenters. The first kappa shape index (κ1) is 15.7. The lowest BCUT2D eigenvalue weighted by Crippen LogP contribution is -2.41. The van der Waals surface area contributed by atoms with Gasteiger partial charge in [-0.15, -0.1) is 0 Å². The fourth-order valence-corrected chi connectivity index (χ4v) is 3.04. The number of amides is 1. The molecule has 0 aromatic carbocycles. The minimum atomic E-state index is 0.115. The molecule has 1 aliphatic rings. The molecule has 1 amide bonds. The minimum absolute atomic E-state index is 0.115. The van der Waals surface area contributed by atoms with E-state index in [2.05, 4.69) is 15.0 Å². The largest absolute Gasteiger partial charge is 0.464 e. The SMILES string of the molecule is Cc1ccc(CN(C)C(=O)CN2CCC[C@H]2Cn2cncn2)o1. The molecule has 3 rings (SSSR count). The summed E-state index contributed by atoms with van der Waals surface area (Å²) < 4.78 is 7.38. The molecular weight excluding hydrogens is 294 g/mol. The predicted molar refractivity (Wildman–Crippen MR) is 84.5 cm³/mol. The van der Waals surface area contributed by atoms with Gasteiger partial charge >= 0.3 is 0 Å². The highest BCUT2D eigenvalue weighted by Gasteiger charge is 2.27. The van der Waals surface area contributed by atoms with E-state index in [1.165, 1.54) is 0 Å². The molecule has 7 heteroatoms. The van der Waals surface area contributed by atoms with Gasteiger partial charge < -0.3 is 9.32 Å². The Morgan fingerprint density at radius 3 is 3.04 bits per heavy atom. The van der Waals surface area contributed by atoms with Crippen molar-refractivity contribution in [2.24, 2.45) is 0 Å². The van der Waals surface area contributed by atoms with Crippen LogP contribution in [0.1, 0.15) is 24.4 Å². The van der Waals surface area contributed by atoms with Gasteiger partial charge in [0.15, 0.2) is 0 Å². The van der Waals surface area contributed by atoms with Crippen LogP contribution in [0.4, 0.5) is 0 Å². The van der Waals surface area contributed by atoms with Gasteiger partial charge in [-0.3, -0.25) is 14.4 Å². The monoisotopic (exact) mass is 317 g/mol. The van der Waals surface area contributed by atoms with Crippen molar-refractivity contribution < 1.29 is 9.21 Å². The van der Waals surface area contributed by atoms with Gasteiger partial charge in [-0.2, -0.15) is 5.10 Å². The van der Waals surface area contributed by atoms with Crippen molar-refractivity contribution in [3.05, 3.63) is 36.3 Å². The molecule has 2 aromatic heterocycles. The highest BCUT2D eigenvalue weighted by atomic mass is 16.3. The van der Waals surface area contributed by atoms with Gasteiger partial charge in [-0.05, 0) is 38.4 Å². The summed E-state index contributed by atoms with van der Waals surface area (Å²) in [4.78, 5) is 20.4. The summed E-state index contributed by atoms with van der Waals surface area (Å²) in [6.45, 7) is 4.60. The third-order valence-corrected chi connectivity index (χ3v) is 4.32. The number of hydrogen-bond donors (Lipinski definition) is 0. The third kappa shape index (κ3) is 3.98. The molecule has 7 nitrogen and oxygen atoms in total. The lowest BCUT2D eigenvalue weighted by atomic mass is 10.2. The molecule has 23 heavy (non-hydrogen) atoms. The van der Waals surface area contributed by atoms with Gasteiger partial charge in [0.25, 0.3) is 0 Å². The first-order valence-electron chi connectivity index (χ1n) is 7.97. The molecule has 124 valence electrons. The van der Waals surface area contributed by atoms with Gasteiger partial charge in [0.1, 0.15) is 24.2 Å². The topological polar surface area (TPSA) is 67.4 Å². The average molecular weight is 317 g/mol. The quantitative estimate of drug-likeness (QED) is 0.803. The summed E-state index contributed by atoms with van der Waals surface area (Å²) in [7, 11) is 1.82. The van der Waals surface area contributed by atoms with E-state index < -0.39 is 0 Å². The van der Waals surface area contributed by atoms with Crippen LogP contribution in [0.5, 0.6) is 0 Å². The molecule has 0 radical (unpaired) electrons. The molecule has 0 N–H and O–H groups in total. The van der Waals surface area contributed by atoms with Crippen LogP contribution in [-0.2, 0) is 17.9 Å². The van der Waals surface area contributed by atoms with Crippen LogP contribution in [0.3, 0.4) is 0 Å². The highest BCUT2D eigenvalue weighted by molar-refractivity contribution is 5.78. The summed E-state index contributed by atoms with van der Waals surface area (Å²) in [5.41, 5.74) is 0. The van der Waals surface area contributed by atoms with Crippen LogP contribution in [0.15, 0.2) is 29.2 Å². The fourth-order valence-electron chi connectivity index (χ4n) is 3.04. The van der Waals surface area contributed by atoms with Crippen LogP contribution in [0.2, 0.25) is 0 Å². The lowest BCUT2D eigenvalue weighted by molar-refractivity contribution is -0.132. The summed E-state index contributed by atoms with van der Waals surface area (Å²) in [6, 6.07) is 4.19. The zero-order valence-corrected chi connectivity index (χ0v) is 13.7. The Hall–Kier alpha value is -2.15. The van der Waals surface area contributed by atoms with Crippen LogP contribution in [0.25, 0.3) is 0 Å². The smallest absolute Gasteiger partial charge is 0.236 e. The van der Waals surface area contributed by atoms with E-state index in [-0.39, 0.29) is 5.91 Å². The second kappa shape index (κ2) is 6.95. The Morgan fingerprint density at radius 1 is 1.48 bits per heavy atom. The first-order chi connectivity index (χ1) is 11.1. The molecule has 1 saturated heterocycles. The number of hydrogen-bond acceptors (Lipinski definition) is 5. The average Bonchev–Trinajstić information content (AvgIpc) is 3.24. The molecule has 0 spiro atoms. The van der Waals surface area contributed by atoms with E-state index >= 15 is 0 Å². The molecular formula is C16H23N5O2. The standard InChI is InChI=1S/C16H23N5O2/c1-13-5-6-15(23-13)9-19(2)16(22)10-20-7-3-4-14(20)8-21-12-17-11-18-21/h5-6,11-12,14H,3-4,7-10H2,1-2H3/t14-/m0/s1. The van der Waals surface area contributed by atoms with Crippen LogP contribution in [0, 0.1) is 6.92 Å². The van der Waals surface area contributed by atoms with E-state index in [1.54, 1.807) is 17.6 Å². The van der Waals surface area contributed by atoms with E-state index in [9.17, 15) is 4.79 Å². The van der Waals surface area contributed by atoms with Crippen LogP contribution in [-0.4, -0.2) is 56.7 Å². The number of rotatable bonds is 6. The Bertz CT molecular complexity index is 637. The number of aryl methyl sites for hydroxylation is 1. The third-order valence-electron chi connectivity index (χ3n) is 4.32. The molecule has 0 saturated carbocycles. The Morgan fingerprint density at radius 2 is 2.35 bits per heavy atom. The van der Waals surface area contributed by atoms with Gasteiger partial charge in [0, 0.05) is 13.1 Å². The molecule has 1 aliphatic heterocycles. The zero-order valence-electron chi connectivity index (χ0n) is 13.7. The highest BCUT2D eigenvalue weighted by Crippen LogP contribution is 2.18. The van der Waals surface area contributed by atoms with Crippen molar-refractivity contribution in [3.8, 4) is 0 Å². The lowest BCUT2D eigenvalue weighted by Gasteiger charge is -2.26. The summed E-state index contributed by atoms with van der Waals surface area (Å²) in [5, 5.41) is 4.16. The van der Waals surface area contributed by atoms with Crippen molar-refractivity contribution in [1.29, 1.82) is 0 Å². The number of likely N-dealkylation sites (N-methyl/N-ethyl adjacent to an activating group) is 1. The summed E-state index contributed by atoms with van der Waals surface area (Å²) in [6.07, 6.45) is 5.48. The number of carbonyl (C=O) groups excluding carboxylic acids is 1. The van der Waals surface area contributed by atoms with Crippen molar-refractivity contribution in [2.75, 3.05) is 20.1 Å². The molecule has 2 aromatic rings. The molecule has 0 aliphatic carbocycles. The van der Waals surface area contributed by atoms with E-state index in [1.807, 2.05) is 30.8 Å². The maximum atomic E-state index is 12.5. The second-order valence-corrected chi connectivity index (χ2v) is 6.15. The maximum absolute atomic E-state index is 12.5. The zero-order chi connectivity index (χ0) is 16.2. The predicted octanol–water partition coefficient (Wildman–Crippen LogP) is 1.30. The number of furan rings is 1. The molecule has 0 bridgehead atoms. The minimum Gasteiger partial charge on any atom is -0.464 e. The summed E-state index contributed by atoms with van der Waals surface area (Å²) in [5.74, 6) is 1.80. The second-order valence-electron chi connectivity index (χ2n) is 6.15. The molecule has 3 heterocycles. The van der Waals surface area contributed by atoms with Gasteiger partial charge in [0.05, 0.1) is 19.6 Å². The Labute approximate surface area is 135 Å². The van der Waals surface area contributed by atoms with E-state index in [4.69, 9.17) is 4.42 Å². The van der Waals surface area contributed by atoms with Crippen molar-refractivity contribution in [1.82, 2.24) is 24.6 Å². The van der Waals surface area contributed by atoms with Crippen molar-refractivity contribution >= 4 is 5.91 Å². The number of carbonyl (C=O) groups is 1.